The fraction of sp³-hybridized carbons (Fsp3) is 0.684. The van der Waals surface area contributed by atoms with Crippen molar-refractivity contribution in [2.75, 3.05) is 33.3 Å². The summed E-state index contributed by atoms with van der Waals surface area (Å²) in [5.41, 5.74) is 1.04. The van der Waals surface area contributed by atoms with E-state index in [9.17, 15) is 0 Å². The normalized spacial score (nSPS) is 18.1. The minimum absolute atomic E-state index is 0. The maximum Gasteiger partial charge on any atom is 0.218 e. The minimum atomic E-state index is 0. The molecule has 148 valence electrons. The first-order valence-electron chi connectivity index (χ1n) is 9.53. The summed E-state index contributed by atoms with van der Waals surface area (Å²) in [5, 5.41) is 6.77. The highest BCUT2D eigenvalue weighted by Gasteiger charge is 2.19. The number of aromatic nitrogens is 1. The summed E-state index contributed by atoms with van der Waals surface area (Å²) in [6, 6.07) is 4.70. The number of rotatable bonds is 8. The highest BCUT2D eigenvalue weighted by Crippen LogP contribution is 2.18. The molecule has 6 nitrogen and oxygen atoms in total. The van der Waals surface area contributed by atoms with Gasteiger partial charge in [-0.3, -0.25) is 9.89 Å². The van der Waals surface area contributed by atoms with Gasteiger partial charge >= 0.3 is 0 Å². The number of likely N-dealkylation sites (tertiary alicyclic amines) is 1. The summed E-state index contributed by atoms with van der Waals surface area (Å²) in [6.45, 7) is 8.71. The van der Waals surface area contributed by atoms with E-state index >= 15 is 0 Å². The highest BCUT2D eigenvalue weighted by atomic mass is 127. The van der Waals surface area contributed by atoms with E-state index in [1.54, 1.807) is 13.2 Å². The Morgan fingerprint density at radius 1 is 1.35 bits per heavy atom. The topological polar surface area (TPSA) is 61.8 Å². The Balaban J connectivity index is 0.00000338. The van der Waals surface area contributed by atoms with Crippen LogP contribution in [0.2, 0.25) is 0 Å². The SMILES string of the molecule is CCOc1ncccc1CNC(=NC)NCCN1CCCCC1CC.I. The smallest absolute Gasteiger partial charge is 0.218 e. The molecule has 1 aliphatic heterocycles. The molecule has 0 aliphatic carbocycles. The van der Waals surface area contributed by atoms with Crippen LogP contribution in [0.1, 0.15) is 45.1 Å². The van der Waals surface area contributed by atoms with Gasteiger partial charge in [-0.2, -0.15) is 0 Å². The second kappa shape index (κ2) is 13.1. The Bertz CT molecular complexity index is 540. The molecule has 26 heavy (non-hydrogen) atoms. The average Bonchev–Trinajstić information content (AvgIpc) is 2.66. The van der Waals surface area contributed by atoms with E-state index < -0.39 is 0 Å². The average molecular weight is 475 g/mol. The number of aliphatic imine (C=N–C) groups is 1. The summed E-state index contributed by atoms with van der Waals surface area (Å²) in [5.74, 6) is 1.50. The first kappa shape index (κ1) is 23.0. The number of nitrogens with zero attached hydrogens (tertiary/aromatic N) is 3. The molecule has 0 radical (unpaired) electrons. The lowest BCUT2D eigenvalue weighted by Crippen LogP contribution is -2.45. The van der Waals surface area contributed by atoms with Crippen LogP contribution in [-0.2, 0) is 6.54 Å². The minimum Gasteiger partial charge on any atom is -0.478 e. The van der Waals surface area contributed by atoms with Crippen molar-refractivity contribution in [2.45, 2.75) is 52.1 Å². The van der Waals surface area contributed by atoms with Crippen molar-refractivity contribution in [1.82, 2.24) is 20.5 Å². The van der Waals surface area contributed by atoms with Gasteiger partial charge in [-0.15, -0.1) is 24.0 Å². The molecule has 0 aromatic carbocycles. The number of hydrogen-bond acceptors (Lipinski definition) is 4. The molecule has 1 atom stereocenters. The molecule has 1 aromatic heterocycles. The van der Waals surface area contributed by atoms with Crippen LogP contribution >= 0.6 is 24.0 Å². The fourth-order valence-corrected chi connectivity index (χ4v) is 3.36. The van der Waals surface area contributed by atoms with Crippen LogP contribution in [0.15, 0.2) is 23.3 Å². The van der Waals surface area contributed by atoms with E-state index in [-0.39, 0.29) is 24.0 Å². The zero-order valence-electron chi connectivity index (χ0n) is 16.3. The molecule has 0 bridgehead atoms. The molecule has 2 heterocycles. The van der Waals surface area contributed by atoms with Crippen LogP contribution in [0.4, 0.5) is 0 Å². The summed E-state index contributed by atoms with van der Waals surface area (Å²) in [6.07, 6.45) is 7.03. The number of hydrogen-bond donors (Lipinski definition) is 2. The standard InChI is InChI=1S/C19H33N5O.HI/c1-4-17-10-6-7-13-24(17)14-12-22-19(20-3)23-15-16-9-8-11-21-18(16)25-5-2;/h8-9,11,17H,4-7,10,12-15H2,1-3H3,(H2,20,22,23);1H. The monoisotopic (exact) mass is 475 g/mol. The van der Waals surface area contributed by atoms with Crippen LogP contribution in [0, 0.1) is 0 Å². The lowest BCUT2D eigenvalue weighted by molar-refractivity contribution is 0.147. The van der Waals surface area contributed by atoms with Crippen LogP contribution in [0.25, 0.3) is 0 Å². The van der Waals surface area contributed by atoms with Crippen molar-refractivity contribution in [3.63, 3.8) is 0 Å². The van der Waals surface area contributed by atoms with Gasteiger partial charge in [0.2, 0.25) is 5.88 Å². The zero-order chi connectivity index (χ0) is 17.9. The number of piperidine rings is 1. The Morgan fingerprint density at radius 2 is 2.19 bits per heavy atom. The van der Waals surface area contributed by atoms with E-state index in [0.29, 0.717) is 19.0 Å². The second-order valence-corrected chi connectivity index (χ2v) is 6.35. The predicted molar refractivity (Wildman–Crippen MR) is 119 cm³/mol. The largest absolute Gasteiger partial charge is 0.478 e. The molecule has 0 spiro atoms. The van der Waals surface area contributed by atoms with Crippen molar-refractivity contribution in [1.29, 1.82) is 0 Å². The summed E-state index contributed by atoms with van der Waals surface area (Å²) in [7, 11) is 1.80. The van der Waals surface area contributed by atoms with Crippen molar-refractivity contribution in [3.8, 4) is 5.88 Å². The third-order valence-corrected chi connectivity index (χ3v) is 4.71. The van der Waals surface area contributed by atoms with Gasteiger partial charge in [0.1, 0.15) is 0 Å². The predicted octanol–water partition coefficient (Wildman–Crippen LogP) is 3.03. The maximum absolute atomic E-state index is 5.57. The lowest BCUT2D eigenvalue weighted by Gasteiger charge is -2.35. The van der Waals surface area contributed by atoms with E-state index in [4.69, 9.17) is 4.74 Å². The Hall–Kier alpha value is -1.09. The Labute approximate surface area is 175 Å². The summed E-state index contributed by atoms with van der Waals surface area (Å²) in [4.78, 5) is 11.2. The zero-order valence-corrected chi connectivity index (χ0v) is 18.7. The van der Waals surface area contributed by atoms with Crippen molar-refractivity contribution >= 4 is 29.9 Å². The van der Waals surface area contributed by atoms with Gasteiger partial charge in [0, 0.05) is 44.5 Å². The molecule has 2 rings (SSSR count). The summed E-state index contributed by atoms with van der Waals surface area (Å²) >= 11 is 0. The van der Waals surface area contributed by atoms with E-state index in [1.807, 2.05) is 19.1 Å². The van der Waals surface area contributed by atoms with Gasteiger partial charge < -0.3 is 15.4 Å². The third kappa shape index (κ3) is 7.26. The van der Waals surface area contributed by atoms with Gasteiger partial charge in [0.15, 0.2) is 5.96 Å². The van der Waals surface area contributed by atoms with Crippen LogP contribution < -0.4 is 15.4 Å². The van der Waals surface area contributed by atoms with Crippen molar-refractivity contribution in [3.05, 3.63) is 23.9 Å². The van der Waals surface area contributed by atoms with Gasteiger partial charge in [-0.1, -0.05) is 19.4 Å². The Morgan fingerprint density at radius 3 is 2.92 bits per heavy atom. The van der Waals surface area contributed by atoms with E-state index in [0.717, 1.165) is 30.7 Å². The first-order valence-corrected chi connectivity index (χ1v) is 9.53. The number of nitrogens with one attached hydrogen (secondary N) is 2. The quantitative estimate of drug-likeness (QED) is 0.344. The molecule has 1 aliphatic rings. The van der Waals surface area contributed by atoms with E-state index in [2.05, 4.69) is 32.4 Å². The number of halogens is 1. The molecule has 1 saturated heterocycles. The molecule has 1 fully saturated rings. The molecule has 1 unspecified atom stereocenters. The second-order valence-electron chi connectivity index (χ2n) is 6.35. The Kier molecular flexibility index (Phi) is 11.6. The molecule has 1 aromatic rings. The number of guanidine groups is 1. The van der Waals surface area contributed by atoms with Crippen LogP contribution in [0.3, 0.4) is 0 Å². The first-order chi connectivity index (χ1) is 12.3. The lowest BCUT2D eigenvalue weighted by atomic mass is 10.0. The maximum atomic E-state index is 5.57. The highest BCUT2D eigenvalue weighted by molar-refractivity contribution is 14.0. The number of pyridine rings is 1. The van der Waals surface area contributed by atoms with Gasteiger partial charge in [0.25, 0.3) is 0 Å². The van der Waals surface area contributed by atoms with Gasteiger partial charge in [-0.05, 0) is 38.8 Å². The molecule has 0 amide bonds. The molecule has 0 saturated carbocycles. The summed E-state index contributed by atoms with van der Waals surface area (Å²) < 4.78 is 5.57. The van der Waals surface area contributed by atoms with E-state index in [1.165, 1.54) is 32.2 Å². The fourth-order valence-electron chi connectivity index (χ4n) is 3.36. The molecule has 2 N–H and O–H groups in total. The van der Waals surface area contributed by atoms with Gasteiger partial charge in [0.05, 0.1) is 6.61 Å². The molecular weight excluding hydrogens is 441 g/mol. The van der Waals surface area contributed by atoms with Crippen molar-refractivity contribution in [2.24, 2.45) is 4.99 Å². The number of ether oxygens (including phenoxy) is 1. The van der Waals surface area contributed by atoms with Crippen molar-refractivity contribution < 1.29 is 4.74 Å². The van der Waals surface area contributed by atoms with Crippen LogP contribution in [-0.4, -0.2) is 55.2 Å². The van der Waals surface area contributed by atoms with Gasteiger partial charge in [-0.25, -0.2) is 4.98 Å². The third-order valence-electron chi connectivity index (χ3n) is 4.71. The molecular formula is C19H34IN5O. The van der Waals surface area contributed by atoms with Crippen LogP contribution in [0.5, 0.6) is 5.88 Å². The molecule has 7 heteroatoms.